The van der Waals surface area contributed by atoms with Crippen molar-refractivity contribution in [3.05, 3.63) is 35.9 Å². The first-order valence-electron chi connectivity index (χ1n) is 6.25. The van der Waals surface area contributed by atoms with Gasteiger partial charge in [0.2, 0.25) is 0 Å². The number of hydrogen-bond donors (Lipinski definition) is 2. The molecule has 0 spiro atoms. The van der Waals surface area contributed by atoms with Crippen molar-refractivity contribution in [2.45, 2.75) is 44.4 Å². The van der Waals surface area contributed by atoms with Crippen molar-refractivity contribution < 1.29 is 19.3 Å². The van der Waals surface area contributed by atoms with Gasteiger partial charge in [0.05, 0.1) is 12.7 Å². The molecule has 2 N–H and O–H groups in total. The van der Waals surface area contributed by atoms with Gasteiger partial charge >= 0.3 is 0 Å². The molecule has 0 radical (unpaired) electrons. The highest BCUT2D eigenvalue weighted by molar-refractivity contribution is 5.13. The Labute approximate surface area is 106 Å². The summed E-state index contributed by atoms with van der Waals surface area (Å²) in [7, 11) is 0. The average Bonchev–Trinajstić information content (AvgIpc) is 2.38. The van der Waals surface area contributed by atoms with Gasteiger partial charge in [0, 0.05) is 0 Å². The smallest absolute Gasteiger partial charge is 0.131 e. The average molecular weight is 254 g/mol. The summed E-state index contributed by atoms with van der Waals surface area (Å²) in [5, 5.41) is 19.4. The van der Waals surface area contributed by atoms with E-state index in [1.54, 1.807) is 6.92 Å². The van der Waals surface area contributed by atoms with E-state index < -0.39 is 24.5 Å². The fourth-order valence-electron chi connectivity index (χ4n) is 2.34. The minimum Gasteiger partial charge on any atom is -0.390 e. The van der Waals surface area contributed by atoms with Crippen LogP contribution in [0.3, 0.4) is 0 Å². The first-order chi connectivity index (χ1) is 8.59. The molecule has 0 saturated heterocycles. The van der Waals surface area contributed by atoms with Crippen LogP contribution in [0.2, 0.25) is 0 Å². The summed E-state index contributed by atoms with van der Waals surface area (Å²) in [5.74, 6) is -0.302. The summed E-state index contributed by atoms with van der Waals surface area (Å²) in [6.07, 6.45) is -3.99. The van der Waals surface area contributed by atoms with Gasteiger partial charge in [0.1, 0.15) is 18.4 Å². The van der Waals surface area contributed by atoms with E-state index in [0.29, 0.717) is 0 Å². The maximum absolute atomic E-state index is 14.0. The van der Waals surface area contributed by atoms with Gasteiger partial charge in [-0.05, 0) is 17.9 Å². The zero-order chi connectivity index (χ0) is 13.1. The lowest BCUT2D eigenvalue weighted by Crippen LogP contribution is -2.52. The Morgan fingerprint density at radius 2 is 1.94 bits per heavy atom. The van der Waals surface area contributed by atoms with Gasteiger partial charge in [-0.3, -0.25) is 0 Å². The number of benzene rings is 1. The van der Waals surface area contributed by atoms with E-state index >= 15 is 0 Å². The number of rotatable bonds is 3. The molecule has 0 aromatic heterocycles. The fourth-order valence-corrected chi connectivity index (χ4v) is 2.34. The van der Waals surface area contributed by atoms with Gasteiger partial charge < -0.3 is 14.9 Å². The Bertz CT molecular complexity index is 357. The zero-order valence-electron chi connectivity index (χ0n) is 10.4. The van der Waals surface area contributed by atoms with Crippen LogP contribution in [0.15, 0.2) is 30.3 Å². The number of aliphatic hydroxyl groups is 2. The van der Waals surface area contributed by atoms with Crippen LogP contribution in [0, 0.1) is 5.92 Å². The van der Waals surface area contributed by atoms with E-state index in [4.69, 9.17) is 4.74 Å². The van der Waals surface area contributed by atoms with E-state index in [9.17, 15) is 14.6 Å². The van der Waals surface area contributed by atoms with Crippen molar-refractivity contribution in [3.8, 4) is 0 Å². The SMILES string of the molecule is C[C@H]1C[C@@H](O)[C@@H](O)[C@H](OCc2ccccc2)[C@@H]1F. The molecule has 3 nitrogen and oxygen atoms in total. The molecule has 0 aliphatic heterocycles. The van der Waals surface area contributed by atoms with Crippen molar-refractivity contribution in [2.75, 3.05) is 0 Å². The van der Waals surface area contributed by atoms with Crippen LogP contribution in [-0.4, -0.2) is 34.7 Å². The lowest BCUT2D eigenvalue weighted by Gasteiger charge is -2.38. The van der Waals surface area contributed by atoms with Gasteiger partial charge in [-0.25, -0.2) is 4.39 Å². The summed E-state index contributed by atoms with van der Waals surface area (Å²) in [6.45, 7) is 1.96. The second-order valence-corrected chi connectivity index (χ2v) is 4.98. The second kappa shape index (κ2) is 5.78. The molecule has 0 bridgehead atoms. The summed E-state index contributed by atoms with van der Waals surface area (Å²) >= 11 is 0. The van der Waals surface area contributed by atoms with Crippen LogP contribution in [-0.2, 0) is 11.3 Å². The molecule has 5 atom stereocenters. The Hall–Kier alpha value is -0.970. The lowest BCUT2D eigenvalue weighted by molar-refractivity contribution is -0.161. The molecular formula is C14H19FO3. The molecule has 1 aliphatic carbocycles. The molecule has 0 heterocycles. The van der Waals surface area contributed by atoms with Gasteiger partial charge in [-0.2, -0.15) is 0 Å². The summed E-state index contributed by atoms with van der Waals surface area (Å²) in [4.78, 5) is 0. The molecule has 1 aromatic rings. The normalized spacial score (nSPS) is 36.6. The number of aliphatic hydroxyl groups excluding tert-OH is 2. The molecule has 0 amide bonds. The van der Waals surface area contributed by atoms with Crippen LogP contribution in [0.25, 0.3) is 0 Å². The fraction of sp³-hybridized carbons (Fsp3) is 0.571. The summed E-state index contributed by atoms with van der Waals surface area (Å²) < 4.78 is 19.4. The van der Waals surface area contributed by atoms with Crippen molar-refractivity contribution in [2.24, 2.45) is 5.92 Å². The highest BCUT2D eigenvalue weighted by Crippen LogP contribution is 2.30. The molecule has 1 aromatic carbocycles. The maximum atomic E-state index is 14.0. The Morgan fingerprint density at radius 3 is 2.61 bits per heavy atom. The largest absolute Gasteiger partial charge is 0.390 e. The Kier molecular flexibility index (Phi) is 4.32. The standard InChI is InChI=1S/C14H19FO3/c1-9-7-11(16)13(17)14(12(9)15)18-8-10-5-3-2-4-6-10/h2-6,9,11-14,16-17H,7-8H2,1H3/t9-,11+,12+,13+,14+/m0/s1. The van der Waals surface area contributed by atoms with Crippen LogP contribution in [0.5, 0.6) is 0 Å². The Balaban J connectivity index is 1.98. The molecule has 0 unspecified atom stereocenters. The molecule has 100 valence electrons. The number of alkyl halides is 1. The molecular weight excluding hydrogens is 235 g/mol. The van der Waals surface area contributed by atoms with Gasteiger partial charge in [0.15, 0.2) is 0 Å². The van der Waals surface area contributed by atoms with E-state index in [2.05, 4.69) is 0 Å². The third kappa shape index (κ3) is 2.88. The van der Waals surface area contributed by atoms with Gasteiger partial charge in [-0.15, -0.1) is 0 Å². The molecule has 4 heteroatoms. The van der Waals surface area contributed by atoms with Gasteiger partial charge in [-0.1, -0.05) is 37.3 Å². The van der Waals surface area contributed by atoms with Crippen LogP contribution in [0.1, 0.15) is 18.9 Å². The third-order valence-corrected chi connectivity index (χ3v) is 3.49. The topological polar surface area (TPSA) is 49.7 Å². The van der Waals surface area contributed by atoms with Crippen molar-refractivity contribution in [3.63, 3.8) is 0 Å². The van der Waals surface area contributed by atoms with E-state index in [1.807, 2.05) is 30.3 Å². The summed E-state index contributed by atoms with van der Waals surface area (Å²) in [5.41, 5.74) is 0.921. The minimum absolute atomic E-state index is 0.239. The van der Waals surface area contributed by atoms with Gasteiger partial charge in [0.25, 0.3) is 0 Å². The predicted molar refractivity (Wildman–Crippen MR) is 65.7 cm³/mol. The number of ether oxygens (including phenoxy) is 1. The van der Waals surface area contributed by atoms with E-state index in [1.165, 1.54) is 0 Å². The monoisotopic (exact) mass is 254 g/mol. The zero-order valence-corrected chi connectivity index (χ0v) is 10.4. The lowest BCUT2D eigenvalue weighted by atomic mass is 9.83. The molecule has 18 heavy (non-hydrogen) atoms. The third-order valence-electron chi connectivity index (χ3n) is 3.49. The van der Waals surface area contributed by atoms with Crippen molar-refractivity contribution in [1.29, 1.82) is 0 Å². The van der Waals surface area contributed by atoms with Crippen molar-refractivity contribution in [1.82, 2.24) is 0 Å². The minimum atomic E-state index is -1.24. The summed E-state index contributed by atoms with van der Waals surface area (Å²) in [6, 6.07) is 9.40. The van der Waals surface area contributed by atoms with E-state index in [-0.39, 0.29) is 18.9 Å². The van der Waals surface area contributed by atoms with Crippen LogP contribution >= 0.6 is 0 Å². The molecule has 1 saturated carbocycles. The highest BCUT2D eigenvalue weighted by atomic mass is 19.1. The quantitative estimate of drug-likeness (QED) is 0.862. The number of hydrogen-bond acceptors (Lipinski definition) is 3. The maximum Gasteiger partial charge on any atom is 0.131 e. The van der Waals surface area contributed by atoms with Crippen molar-refractivity contribution >= 4 is 0 Å². The van der Waals surface area contributed by atoms with Crippen LogP contribution in [0.4, 0.5) is 4.39 Å². The molecule has 1 aliphatic rings. The highest BCUT2D eigenvalue weighted by Gasteiger charge is 2.42. The number of halogens is 1. The molecule has 2 rings (SSSR count). The second-order valence-electron chi connectivity index (χ2n) is 4.98. The van der Waals surface area contributed by atoms with E-state index in [0.717, 1.165) is 5.56 Å². The first kappa shape index (κ1) is 13.5. The Morgan fingerprint density at radius 1 is 1.28 bits per heavy atom. The molecule has 1 fully saturated rings. The predicted octanol–water partition coefficient (Wildman–Crippen LogP) is 1.67. The van der Waals surface area contributed by atoms with Crippen LogP contribution < -0.4 is 0 Å². The first-order valence-corrected chi connectivity index (χ1v) is 6.25.